The van der Waals surface area contributed by atoms with Gasteiger partial charge in [-0.2, -0.15) is 0 Å². The van der Waals surface area contributed by atoms with Crippen molar-refractivity contribution in [2.75, 3.05) is 26.7 Å². The molecule has 1 aromatic carbocycles. The largest absolute Gasteiger partial charge is 0.492 e. The molecular weight excluding hydrogens is 264 g/mol. The highest BCUT2D eigenvalue weighted by atomic mass is 16.5. The molecule has 0 saturated carbocycles. The number of nitrogens with zero attached hydrogens (tertiary/aromatic N) is 1. The van der Waals surface area contributed by atoms with Gasteiger partial charge in [-0.05, 0) is 37.4 Å². The first-order chi connectivity index (χ1) is 10.3. The van der Waals surface area contributed by atoms with Crippen LogP contribution in [-0.2, 0) is 13.1 Å². The Bertz CT molecular complexity index is 511. The van der Waals surface area contributed by atoms with Crippen molar-refractivity contribution in [2.24, 2.45) is 0 Å². The lowest BCUT2D eigenvalue weighted by Crippen LogP contribution is -2.23. The lowest BCUT2D eigenvalue weighted by molar-refractivity contribution is 0.232. The van der Waals surface area contributed by atoms with Crippen LogP contribution < -0.4 is 10.1 Å². The number of benzene rings is 1. The maximum absolute atomic E-state index is 5.82. The van der Waals surface area contributed by atoms with Crippen molar-refractivity contribution < 1.29 is 9.15 Å². The van der Waals surface area contributed by atoms with Gasteiger partial charge in [0.15, 0.2) is 0 Å². The molecule has 0 spiro atoms. The second-order valence-corrected chi connectivity index (χ2v) is 5.15. The zero-order valence-corrected chi connectivity index (χ0v) is 12.8. The SMILES string of the molecule is CCNCc1cccc(OCCN(C)Cc2ccoc2)c1. The van der Waals surface area contributed by atoms with Gasteiger partial charge >= 0.3 is 0 Å². The summed E-state index contributed by atoms with van der Waals surface area (Å²) < 4.78 is 10.9. The maximum Gasteiger partial charge on any atom is 0.119 e. The van der Waals surface area contributed by atoms with Crippen LogP contribution in [0.15, 0.2) is 47.3 Å². The third kappa shape index (κ3) is 5.61. The summed E-state index contributed by atoms with van der Waals surface area (Å²) in [6, 6.07) is 10.2. The Balaban J connectivity index is 1.72. The zero-order chi connectivity index (χ0) is 14.9. The summed E-state index contributed by atoms with van der Waals surface area (Å²) in [7, 11) is 2.08. The average molecular weight is 288 g/mol. The minimum absolute atomic E-state index is 0.680. The van der Waals surface area contributed by atoms with E-state index in [1.807, 2.05) is 18.2 Å². The first kappa shape index (κ1) is 15.6. The lowest BCUT2D eigenvalue weighted by Gasteiger charge is -2.16. The lowest BCUT2D eigenvalue weighted by atomic mass is 10.2. The molecule has 0 fully saturated rings. The molecule has 1 aromatic heterocycles. The van der Waals surface area contributed by atoms with Crippen molar-refractivity contribution >= 4 is 0 Å². The summed E-state index contributed by atoms with van der Waals surface area (Å²) in [6.07, 6.45) is 3.48. The number of furan rings is 1. The van der Waals surface area contributed by atoms with Crippen LogP contribution in [0.4, 0.5) is 0 Å². The van der Waals surface area contributed by atoms with Crippen LogP contribution >= 0.6 is 0 Å². The van der Waals surface area contributed by atoms with Crippen molar-refractivity contribution in [3.63, 3.8) is 0 Å². The summed E-state index contributed by atoms with van der Waals surface area (Å²) in [5.74, 6) is 0.933. The highest BCUT2D eigenvalue weighted by molar-refractivity contribution is 5.28. The summed E-state index contributed by atoms with van der Waals surface area (Å²) in [5.41, 5.74) is 2.44. The van der Waals surface area contributed by atoms with Crippen LogP contribution in [0.2, 0.25) is 0 Å². The van der Waals surface area contributed by atoms with E-state index < -0.39 is 0 Å². The minimum atomic E-state index is 0.680. The third-order valence-electron chi connectivity index (χ3n) is 3.25. The molecule has 114 valence electrons. The Hall–Kier alpha value is -1.78. The molecule has 21 heavy (non-hydrogen) atoms. The molecular formula is C17H24N2O2. The van der Waals surface area contributed by atoms with Gasteiger partial charge in [-0.3, -0.25) is 4.90 Å². The second kappa shape index (κ2) is 8.49. The van der Waals surface area contributed by atoms with E-state index >= 15 is 0 Å². The molecule has 0 aliphatic carbocycles. The third-order valence-corrected chi connectivity index (χ3v) is 3.25. The molecule has 4 nitrogen and oxygen atoms in total. The van der Waals surface area contributed by atoms with E-state index in [2.05, 4.69) is 36.3 Å². The number of likely N-dealkylation sites (N-methyl/N-ethyl adjacent to an activating group) is 1. The number of rotatable bonds is 9. The van der Waals surface area contributed by atoms with Crippen molar-refractivity contribution in [3.05, 3.63) is 54.0 Å². The van der Waals surface area contributed by atoms with E-state index in [0.717, 1.165) is 31.9 Å². The maximum atomic E-state index is 5.82. The van der Waals surface area contributed by atoms with Gasteiger partial charge in [0.1, 0.15) is 12.4 Å². The van der Waals surface area contributed by atoms with Crippen LogP contribution in [0.25, 0.3) is 0 Å². The van der Waals surface area contributed by atoms with Crippen molar-refractivity contribution in [1.82, 2.24) is 10.2 Å². The fraction of sp³-hybridized carbons (Fsp3) is 0.412. The normalized spacial score (nSPS) is 11.0. The van der Waals surface area contributed by atoms with Crippen LogP contribution in [-0.4, -0.2) is 31.6 Å². The number of nitrogens with one attached hydrogen (secondary N) is 1. The van der Waals surface area contributed by atoms with Crippen LogP contribution in [0, 0.1) is 0 Å². The Morgan fingerprint density at radius 1 is 1.24 bits per heavy atom. The molecule has 0 unspecified atom stereocenters. The smallest absolute Gasteiger partial charge is 0.119 e. The summed E-state index contributed by atoms with van der Waals surface area (Å²) in [6.45, 7) is 6.40. The fourth-order valence-electron chi connectivity index (χ4n) is 2.11. The molecule has 2 aromatic rings. The number of hydrogen-bond donors (Lipinski definition) is 1. The number of ether oxygens (including phenoxy) is 1. The molecule has 4 heteroatoms. The molecule has 1 heterocycles. The van der Waals surface area contributed by atoms with Crippen LogP contribution in [0.5, 0.6) is 5.75 Å². The minimum Gasteiger partial charge on any atom is -0.492 e. The molecule has 0 aliphatic heterocycles. The predicted octanol–water partition coefficient (Wildman–Crippen LogP) is 2.90. The van der Waals surface area contributed by atoms with E-state index in [0.29, 0.717) is 6.61 Å². The Morgan fingerprint density at radius 3 is 2.90 bits per heavy atom. The molecule has 0 saturated heterocycles. The highest BCUT2D eigenvalue weighted by Gasteiger charge is 2.02. The summed E-state index contributed by atoms with van der Waals surface area (Å²) in [5, 5.41) is 3.32. The predicted molar refractivity (Wildman–Crippen MR) is 84.4 cm³/mol. The van der Waals surface area contributed by atoms with Crippen LogP contribution in [0.3, 0.4) is 0 Å². The van der Waals surface area contributed by atoms with Gasteiger partial charge in [0.25, 0.3) is 0 Å². The average Bonchev–Trinajstić information content (AvgIpc) is 2.98. The topological polar surface area (TPSA) is 37.6 Å². The van der Waals surface area contributed by atoms with E-state index in [-0.39, 0.29) is 0 Å². The Morgan fingerprint density at radius 2 is 2.14 bits per heavy atom. The van der Waals surface area contributed by atoms with Gasteiger partial charge in [-0.15, -0.1) is 0 Å². The van der Waals surface area contributed by atoms with Crippen molar-refractivity contribution in [3.8, 4) is 5.75 Å². The zero-order valence-electron chi connectivity index (χ0n) is 12.8. The molecule has 2 rings (SSSR count). The quantitative estimate of drug-likeness (QED) is 0.770. The summed E-state index contributed by atoms with van der Waals surface area (Å²) >= 11 is 0. The fourth-order valence-corrected chi connectivity index (χ4v) is 2.11. The Labute approximate surface area is 126 Å². The molecule has 0 aliphatic rings. The Kier molecular flexibility index (Phi) is 6.31. The van der Waals surface area contributed by atoms with Crippen molar-refractivity contribution in [2.45, 2.75) is 20.0 Å². The van der Waals surface area contributed by atoms with Gasteiger partial charge in [0, 0.05) is 25.2 Å². The first-order valence-corrected chi connectivity index (χ1v) is 7.40. The standard InChI is InChI=1S/C17H24N2O2/c1-3-18-12-15-5-4-6-17(11-15)21-10-8-19(2)13-16-7-9-20-14-16/h4-7,9,11,14,18H,3,8,10,12-13H2,1-2H3. The molecule has 0 radical (unpaired) electrons. The van der Waals surface area contributed by atoms with Crippen molar-refractivity contribution in [1.29, 1.82) is 0 Å². The van der Waals surface area contributed by atoms with Gasteiger partial charge in [-0.25, -0.2) is 0 Å². The van der Waals surface area contributed by atoms with Crippen LogP contribution in [0.1, 0.15) is 18.1 Å². The van der Waals surface area contributed by atoms with E-state index in [9.17, 15) is 0 Å². The van der Waals surface area contributed by atoms with E-state index in [1.165, 1.54) is 11.1 Å². The first-order valence-electron chi connectivity index (χ1n) is 7.40. The summed E-state index contributed by atoms with van der Waals surface area (Å²) in [4.78, 5) is 2.22. The van der Waals surface area contributed by atoms with Gasteiger partial charge in [0.2, 0.25) is 0 Å². The van der Waals surface area contributed by atoms with Gasteiger partial charge in [0.05, 0.1) is 12.5 Å². The van der Waals surface area contributed by atoms with Gasteiger partial charge < -0.3 is 14.5 Å². The molecule has 1 N–H and O–H groups in total. The number of hydrogen-bond acceptors (Lipinski definition) is 4. The van der Waals surface area contributed by atoms with E-state index in [1.54, 1.807) is 12.5 Å². The molecule has 0 atom stereocenters. The monoisotopic (exact) mass is 288 g/mol. The van der Waals surface area contributed by atoms with Gasteiger partial charge in [-0.1, -0.05) is 19.1 Å². The molecule has 0 amide bonds. The second-order valence-electron chi connectivity index (χ2n) is 5.15. The van der Waals surface area contributed by atoms with E-state index in [4.69, 9.17) is 9.15 Å². The molecule has 0 bridgehead atoms. The highest BCUT2D eigenvalue weighted by Crippen LogP contribution is 2.13.